The van der Waals surface area contributed by atoms with Crippen LogP contribution in [0, 0.1) is 6.92 Å². The first-order valence-electron chi connectivity index (χ1n) is 4.08. The zero-order valence-electron chi connectivity index (χ0n) is 7.62. The second kappa shape index (κ2) is 4.07. The van der Waals surface area contributed by atoms with Crippen LogP contribution < -0.4 is 10.6 Å². The molecule has 0 aliphatic heterocycles. The quantitative estimate of drug-likeness (QED) is 0.720. The highest BCUT2D eigenvalue weighted by atomic mass is 15.2. The van der Waals surface area contributed by atoms with Crippen molar-refractivity contribution in [2.45, 2.75) is 6.92 Å². The molecule has 2 N–H and O–H groups in total. The molecule has 0 bridgehead atoms. The summed E-state index contributed by atoms with van der Waals surface area (Å²) >= 11 is 0. The van der Waals surface area contributed by atoms with Gasteiger partial charge in [0, 0.05) is 26.3 Å². The van der Waals surface area contributed by atoms with Gasteiger partial charge in [-0.05, 0) is 24.6 Å². The van der Waals surface area contributed by atoms with Gasteiger partial charge in [0.15, 0.2) is 0 Å². The molecule has 0 fully saturated rings. The number of hydrogen-bond donors (Lipinski definition) is 1. The Hall–Kier alpha value is -1.09. The van der Waals surface area contributed by atoms with Crippen LogP contribution in [-0.4, -0.2) is 25.1 Å². The van der Waals surface area contributed by atoms with Crippen molar-refractivity contribution in [3.8, 4) is 0 Å². The molecule has 3 nitrogen and oxygen atoms in total. The van der Waals surface area contributed by atoms with E-state index >= 15 is 0 Å². The van der Waals surface area contributed by atoms with E-state index in [4.69, 9.17) is 5.73 Å². The standard InChI is InChI=1S/C9H15N3/c1-8-3-5-11-9(7-8)12(2)6-4-10/h3,5,7H,4,6,10H2,1-2H3. The van der Waals surface area contributed by atoms with E-state index in [1.807, 2.05) is 24.2 Å². The third kappa shape index (κ3) is 2.20. The van der Waals surface area contributed by atoms with Crippen LogP contribution in [0.4, 0.5) is 5.82 Å². The summed E-state index contributed by atoms with van der Waals surface area (Å²) in [6, 6.07) is 4.04. The lowest BCUT2D eigenvalue weighted by atomic mass is 10.3. The second-order valence-corrected chi connectivity index (χ2v) is 2.90. The Kier molecular flexibility index (Phi) is 3.05. The highest BCUT2D eigenvalue weighted by Gasteiger charge is 1.99. The van der Waals surface area contributed by atoms with E-state index in [1.54, 1.807) is 0 Å². The van der Waals surface area contributed by atoms with E-state index in [0.29, 0.717) is 6.54 Å². The van der Waals surface area contributed by atoms with E-state index in [2.05, 4.69) is 18.0 Å². The van der Waals surface area contributed by atoms with E-state index in [9.17, 15) is 0 Å². The number of likely N-dealkylation sites (N-methyl/N-ethyl adjacent to an activating group) is 1. The van der Waals surface area contributed by atoms with E-state index in [0.717, 1.165) is 12.4 Å². The molecule has 0 aromatic carbocycles. The van der Waals surface area contributed by atoms with Gasteiger partial charge in [0.2, 0.25) is 0 Å². The minimum atomic E-state index is 0.659. The van der Waals surface area contributed by atoms with Gasteiger partial charge in [-0.25, -0.2) is 4.98 Å². The Morgan fingerprint density at radius 2 is 2.33 bits per heavy atom. The lowest BCUT2D eigenvalue weighted by Gasteiger charge is -2.16. The topological polar surface area (TPSA) is 42.2 Å². The normalized spacial score (nSPS) is 9.92. The average molecular weight is 165 g/mol. The third-order valence-electron chi connectivity index (χ3n) is 1.76. The SMILES string of the molecule is Cc1ccnc(N(C)CCN)c1. The number of hydrogen-bond acceptors (Lipinski definition) is 3. The summed E-state index contributed by atoms with van der Waals surface area (Å²) in [7, 11) is 1.99. The van der Waals surface area contributed by atoms with Crippen molar-refractivity contribution >= 4 is 5.82 Å². The van der Waals surface area contributed by atoms with Gasteiger partial charge in [-0.3, -0.25) is 0 Å². The number of nitrogens with zero attached hydrogens (tertiary/aromatic N) is 2. The maximum Gasteiger partial charge on any atom is 0.128 e. The first-order chi connectivity index (χ1) is 5.74. The summed E-state index contributed by atoms with van der Waals surface area (Å²) in [5.74, 6) is 0.987. The molecular formula is C9H15N3. The first kappa shape index (κ1) is 9.00. The summed E-state index contributed by atoms with van der Waals surface area (Å²) < 4.78 is 0. The van der Waals surface area contributed by atoms with Crippen LogP contribution in [0.25, 0.3) is 0 Å². The Morgan fingerprint density at radius 3 is 2.92 bits per heavy atom. The van der Waals surface area contributed by atoms with Gasteiger partial charge in [0.25, 0.3) is 0 Å². The first-order valence-corrected chi connectivity index (χ1v) is 4.08. The van der Waals surface area contributed by atoms with Crippen molar-refractivity contribution in [2.24, 2.45) is 5.73 Å². The van der Waals surface area contributed by atoms with Gasteiger partial charge in [-0.1, -0.05) is 0 Å². The Labute approximate surface area is 73.2 Å². The van der Waals surface area contributed by atoms with Gasteiger partial charge in [-0.15, -0.1) is 0 Å². The molecule has 0 radical (unpaired) electrons. The molecule has 1 aromatic heterocycles. The Balaban J connectivity index is 2.73. The van der Waals surface area contributed by atoms with Gasteiger partial charge in [0.05, 0.1) is 0 Å². The zero-order valence-corrected chi connectivity index (χ0v) is 7.62. The Morgan fingerprint density at radius 1 is 1.58 bits per heavy atom. The summed E-state index contributed by atoms with van der Waals surface area (Å²) in [4.78, 5) is 6.28. The zero-order chi connectivity index (χ0) is 8.97. The van der Waals surface area contributed by atoms with Gasteiger partial charge < -0.3 is 10.6 Å². The molecule has 0 unspecified atom stereocenters. The van der Waals surface area contributed by atoms with Crippen LogP contribution in [-0.2, 0) is 0 Å². The molecule has 0 aliphatic carbocycles. The van der Waals surface area contributed by atoms with Crippen LogP contribution in [0.1, 0.15) is 5.56 Å². The van der Waals surface area contributed by atoms with Crippen molar-refractivity contribution in [3.63, 3.8) is 0 Å². The molecule has 1 heterocycles. The van der Waals surface area contributed by atoms with E-state index in [-0.39, 0.29) is 0 Å². The van der Waals surface area contributed by atoms with E-state index < -0.39 is 0 Å². The van der Waals surface area contributed by atoms with Crippen molar-refractivity contribution in [1.82, 2.24) is 4.98 Å². The average Bonchev–Trinajstić information content (AvgIpc) is 2.05. The fourth-order valence-electron chi connectivity index (χ4n) is 1.04. The summed E-state index contributed by atoms with van der Waals surface area (Å²) in [6.07, 6.45) is 1.82. The van der Waals surface area contributed by atoms with Crippen molar-refractivity contribution in [1.29, 1.82) is 0 Å². The number of aryl methyl sites for hydroxylation is 1. The van der Waals surface area contributed by atoms with Gasteiger partial charge >= 0.3 is 0 Å². The molecule has 1 rings (SSSR count). The highest BCUT2D eigenvalue weighted by Crippen LogP contribution is 2.08. The predicted octanol–water partition coefficient (Wildman–Crippen LogP) is 0.785. The molecule has 66 valence electrons. The monoisotopic (exact) mass is 165 g/mol. The number of nitrogens with two attached hydrogens (primary N) is 1. The largest absolute Gasteiger partial charge is 0.358 e. The third-order valence-corrected chi connectivity index (χ3v) is 1.76. The number of anilines is 1. The molecular weight excluding hydrogens is 150 g/mol. The molecule has 0 saturated heterocycles. The van der Waals surface area contributed by atoms with Gasteiger partial charge in [0.1, 0.15) is 5.82 Å². The van der Waals surface area contributed by atoms with Crippen LogP contribution in [0.15, 0.2) is 18.3 Å². The molecule has 1 aromatic rings. The summed E-state index contributed by atoms with van der Waals surface area (Å²) in [5.41, 5.74) is 6.66. The van der Waals surface area contributed by atoms with E-state index in [1.165, 1.54) is 5.56 Å². The fraction of sp³-hybridized carbons (Fsp3) is 0.444. The molecule has 0 spiro atoms. The van der Waals surface area contributed by atoms with Crippen molar-refractivity contribution in [2.75, 3.05) is 25.0 Å². The minimum Gasteiger partial charge on any atom is -0.358 e. The second-order valence-electron chi connectivity index (χ2n) is 2.90. The molecule has 0 saturated carbocycles. The number of pyridine rings is 1. The minimum absolute atomic E-state index is 0.659. The number of aromatic nitrogens is 1. The lowest BCUT2D eigenvalue weighted by molar-refractivity contribution is 0.867. The molecule has 0 aliphatic rings. The van der Waals surface area contributed by atoms with Crippen LogP contribution in [0.2, 0.25) is 0 Å². The van der Waals surface area contributed by atoms with Crippen molar-refractivity contribution < 1.29 is 0 Å². The predicted molar refractivity (Wildman–Crippen MR) is 51.3 cm³/mol. The fourth-order valence-corrected chi connectivity index (χ4v) is 1.04. The molecule has 12 heavy (non-hydrogen) atoms. The molecule has 3 heteroatoms. The lowest BCUT2D eigenvalue weighted by Crippen LogP contribution is -2.25. The molecule has 0 atom stereocenters. The highest BCUT2D eigenvalue weighted by molar-refractivity contribution is 5.39. The van der Waals surface area contributed by atoms with Crippen LogP contribution in [0.3, 0.4) is 0 Å². The van der Waals surface area contributed by atoms with Gasteiger partial charge in [-0.2, -0.15) is 0 Å². The summed E-state index contributed by atoms with van der Waals surface area (Å²) in [5, 5.41) is 0. The smallest absolute Gasteiger partial charge is 0.128 e. The maximum absolute atomic E-state index is 5.44. The maximum atomic E-state index is 5.44. The Bertz CT molecular complexity index is 247. The summed E-state index contributed by atoms with van der Waals surface area (Å²) in [6.45, 7) is 3.56. The van der Waals surface area contributed by atoms with Crippen molar-refractivity contribution in [3.05, 3.63) is 23.9 Å². The molecule has 0 amide bonds. The number of rotatable bonds is 3. The van der Waals surface area contributed by atoms with Crippen LogP contribution in [0.5, 0.6) is 0 Å². The van der Waals surface area contributed by atoms with Crippen LogP contribution >= 0.6 is 0 Å².